The largest absolute Gasteiger partial charge is 0.389 e. The van der Waals surface area contributed by atoms with Crippen LogP contribution in [0.15, 0.2) is 42.6 Å². The first-order valence-corrected chi connectivity index (χ1v) is 8.39. The molecule has 0 saturated carbocycles. The third kappa shape index (κ3) is 6.59. The van der Waals surface area contributed by atoms with Crippen molar-refractivity contribution in [3.8, 4) is 0 Å². The molecular weight excluding hydrogens is 323 g/mol. The Morgan fingerprint density at radius 3 is 2.76 bits per heavy atom. The Kier molecular flexibility index (Phi) is 8.08. The summed E-state index contributed by atoms with van der Waals surface area (Å²) in [5, 5.41) is 10.0. The molecule has 0 aliphatic heterocycles. The zero-order valence-corrected chi connectivity index (χ0v) is 14.9. The average Bonchev–Trinajstić information content (AvgIpc) is 2.99. The maximum Gasteiger partial charge on any atom is 0.123 e. The highest BCUT2D eigenvalue weighted by Gasteiger charge is 2.14. The van der Waals surface area contributed by atoms with Crippen LogP contribution in [0.4, 0.5) is 4.39 Å². The van der Waals surface area contributed by atoms with E-state index in [1.165, 1.54) is 6.07 Å². The lowest BCUT2D eigenvalue weighted by Crippen LogP contribution is -2.36. The monoisotopic (exact) mass is 350 g/mol. The lowest BCUT2D eigenvalue weighted by atomic mass is 10.2. The van der Waals surface area contributed by atoms with E-state index in [1.54, 1.807) is 26.4 Å². The van der Waals surface area contributed by atoms with Crippen LogP contribution in [-0.2, 0) is 22.6 Å². The van der Waals surface area contributed by atoms with E-state index in [0.29, 0.717) is 39.4 Å². The van der Waals surface area contributed by atoms with Crippen LogP contribution in [0.5, 0.6) is 0 Å². The van der Waals surface area contributed by atoms with Crippen molar-refractivity contribution in [1.82, 2.24) is 9.47 Å². The van der Waals surface area contributed by atoms with Gasteiger partial charge in [0.2, 0.25) is 0 Å². The first-order chi connectivity index (χ1) is 12.1. The van der Waals surface area contributed by atoms with Crippen molar-refractivity contribution in [2.45, 2.75) is 19.2 Å². The van der Waals surface area contributed by atoms with Gasteiger partial charge in [-0.1, -0.05) is 12.1 Å². The summed E-state index contributed by atoms with van der Waals surface area (Å²) in [6.45, 7) is 3.38. The number of benzene rings is 1. The van der Waals surface area contributed by atoms with Gasteiger partial charge in [-0.05, 0) is 29.8 Å². The summed E-state index contributed by atoms with van der Waals surface area (Å²) in [5.74, 6) is -0.226. The van der Waals surface area contributed by atoms with Crippen LogP contribution < -0.4 is 0 Å². The van der Waals surface area contributed by atoms with Gasteiger partial charge in [-0.15, -0.1) is 0 Å². The van der Waals surface area contributed by atoms with E-state index in [0.717, 1.165) is 11.3 Å². The first kappa shape index (κ1) is 19.6. The number of aliphatic hydroxyl groups excluding tert-OH is 1. The van der Waals surface area contributed by atoms with Gasteiger partial charge in [-0.25, -0.2) is 4.39 Å². The molecule has 1 heterocycles. The molecule has 5 nitrogen and oxygen atoms in total. The summed E-state index contributed by atoms with van der Waals surface area (Å²) in [7, 11) is 3.24. The molecule has 0 spiro atoms. The van der Waals surface area contributed by atoms with Crippen LogP contribution in [0.2, 0.25) is 0 Å². The Balaban J connectivity index is 2.04. The molecule has 138 valence electrons. The lowest BCUT2D eigenvalue weighted by molar-refractivity contribution is 0.0288. The number of ether oxygens (including phenoxy) is 2. The molecule has 0 amide bonds. The fourth-order valence-corrected chi connectivity index (χ4v) is 2.81. The van der Waals surface area contributed by atoms with Crippen molar-refractivity contribution in [2.75, 3.05) is 40.5 Å². The van der Waals surface area contributed by atoms with E-state index in [-0.39, 0.29) is 5.82 Å². The summed E-state index contributed by atoms with van der Waals surface area (Å²) in [6.07, 6.45) is 1.44. The summed E-state index contributed by atoms with van der Waals surface area (Å²) in [5.41, 5.74) is 2.02. The Morgan fingerprint density at radius 1 is 1.20 bits per heavy atom. The number of aliphatic hydroxyl groups is 1. The van der Waals surface area contributed by atoms with Gasteiger partial charge in [0.1, 0.15) is 5.82 Å². The molecule has 2 aromatic rings. The van der Waals surface area contributed by atoms with Crippen LogP contribution in [0.1, 0.15) is 11.3 Å². The summed E-state index contributed by atoms with van der Waals surface area (Å²) in [6, 6.07) is 10.7. The van der Waals surface area contributed by atoms with E-state index in [1.807, 2.05) is 24.4 Å². The van der Waals surface area contributed by atoms with Crippen LogP contribution >= 0.6 is 0 Å². The predicted octanol–water partition coefficient (Wildman–Crippen LogP) is 2.13. The molecule has 25 heavy (non-hydrogen) atoms. The van der Waals surface area contributed by atoms with Crippen LogP contribution in [0.25, 0.3) is 0 Å². The van der Waals surface area contributed by atoms with Crippen molar-refractivity contribution in [3.05, 3.63) is 59.7 Å². The highest BCUT2D eigenvalue weighted by atomic mass is 19.1. The Bertz CT molecular complexity index is 633. The van der Waals surface area contributed by atoms with E-state index in [9.17, 15) is 9.50 Å². The smallest absolute Gasteiger partial charge is 0.123 e. The summed E-state index contributed by atoms with van der Waals surface area (Å²) < 4.78 is 25.7. The van der Waals surface area contributed by atoms with Crippen molar-refractivity contribution >= 4 is 0 Å². The summed E-state index contributed by atoms with van der Waals surface area (Å²) in [4.78, 5) is 2.13. The predicted molar refractivity (Wildman–Crippen MR) is 95.0 cm³/mol. The average molecular weight is 350 g/mol. The molecule has 1 aromatic heterocycles. The molecule has 1 N–H and O–H groups in total. The minimum atomic E-state index is -0.548. The SMILES string of the molecule is COCCN(Cc1cccn1Cc1cccc(F)c1)C[C@H](O)COC. The van der Waals surface area contributed by atoms with Gasteiger partial charge in [0.05, 0.1) is 19.3 Å². The van der Waals surface area contributed by atoms with Crippen LogP contribution in [0, 0.1) is 5.82 Å². The van der Waals surface area contributed by atoms with Gasteiger partial charge < -0.3 is 19.1 Å². The van der Waals surface area contributed by atoms with Crippen molar-refractivity contribution in [3.63, 3.8) is 0 Å². The third-order valence-corrected chi connectivity index (χ3v) is 3.99. The normalized spacial score (nSPS) is 12.7. The van der Waals surface area contributed by atoms with Crippen molar-refractivity contribution < 1.29 is 19.0 Å². The van der Waals surface area contributed by atoms with Gasteiger partial charge in [-0.3, -0.25) is 4.90 Å². The van der Waals surface area contributed by atoms with Crippen LogP contribution in [-0.4, -0.2) is 61.2 Å². The molecule has 1 aromatic carbocycles. The molecule has 0 unspecified atom stereocenters. The number of aromatic nitrogens is 1. The fraction of sp³-hybridized carbons (Fsp3) is 0.474. The molecule has 1 atom stereocenters. The van der Waals surface area contributed by atoms with Crippen LogP contribution in [0.3, 0.4) is 0 Å². The van der Waals surface area contributed by atoms with Gasteiger partial charge in [0.25, 0.3) is 0 Å². The fourth-order valence-electron chi connectivity index (χ4n) is 2.81. The quantitative estimate of drug-likeness (QED) is 0.674. The minimum Gasteiger partial charge on any atom is -0.389 e. The molecule has 2 rings (SSSR count). The number of hydrogen-bond donors (Lipinski definition) is 1. The Morgan fingerprint density at radius 2 is 2.04 bits per heavy atom. The molecule has 0 radical (unpaired) electrons. The van der Waals surface area contributed by atoms with Crippen molar-refractivity contribution in [1.29, 1.82) is 0 Å². The minimum absolute atomic E-state index is 0.226. The number of rotatable bonds is 11. The molecular formula is C19H27FN2O3. The van der Waals surface area contributed by atoms with Gasteiger partial charge in [0, 0.05) is 52.3 Å². The third-order valence-electron chi connectivity index (χ3n) is 3.99. The van der Waals surface area contributed by atoms with E-state index < -0.39 is 6.10 Å². The van der Waals surface area contributed by atoms with E-state index in [4.69, 9.17) is 9.47 Å². The zero-order valence-electron chi connectivity index (χ0n) is 14.9. The topological polar surface area (TPSA) is 46.9 Å². The second-order valence-electron chi connectivity index (χ2n) is 6.09. The Hall–Kier alpha value is -1.73. The highest BCUT2D eigenvalue weighted by Crippen LogP contribution is 2.12. The molecule has 0 aliphatic rings. The molecule has 0 bridgehead atoms. The zero-order chi connectivity index (χ0) is 18.1. The van der Waals surface area contributed by atoms with E-state index >= 15 is 0 Å². The van der Waals surface area contributed by atoms with Gasteiger partial charge in [-0.2, -0.15) is 0 Å². The molecule has 0 fully saturated rings. The van der Waals surface area contributed by atoms with Gasteiger partial charge in [0.15, 0.2) is 0 Å². The summed E-state index contributed by atoms with van der Waals surface area (Å²) >= 11 is 0. The maximum atomic E-state index is 13.4. The molecule has 0 aliphatic carbocycles. The first-order valence-electron chi connectivity index (χ1n) is 8.39. The number of hydrogen-bond acceptors (Lipinski definition) is 4. The number of nitrogens with zero attached hydrogens (tertiary/aromatic N) is 2. The molecule has 6 heteroatoms. The molecule has 0 saturated heterocycles. The van der Waals surface area contributed by atoms with E-state index in [2.05, 4.69) is 9.47 Å². The number of halogens is 1. The maximum absolute atomic E-state index is 13.4. The highest BCUT2D eigenvalue weighted by molar-refractivity contribution is 5.18. The van der Waals surface area contributed by atoms with Crippen molar-refractivity contribution in [2.24, 2.45) is 0 Å². The lowest BCUT2D eigenvalue weighted by Gasteiger charge is -2.25. The number of methoxy groups -OCH3 is 2. The second kappa shape index (κ2) is 10.3. The Labute approximate surface area is 148 Å². The standard InChI is InChI=1S/C19H27FN2O3/c1-24-10-9-21(14-19(23)15-25-2)13-18-7-4-8-22(18)12-16-5-3-6-17(20)11-16/h3-8,11,19,23H,9-10,12-15H2,1-2H3/t19-/m0/s1. The second-order valence-corrected chi connectivity index (χ2v) is 6.09. The van der Waals surface area contributed by atoms with Gasteiger partial charge >= 0.3 is 0 Å².